The summed E-state index contributed by atoms with van der Waals surface area (Å²) in [5.74, 6) is 0.227. The van der Waals surface area contributed by atoms with E-state index in [-0.39, 0.29) is 29.4 Å². The first-order valence-corrected chi connectivity index (χ1v) is 11.4. The topological polar surface area (TPSA) is 105 Å². The number of aromatic hydroxyl groups is 1. The molecule has 0 saturated carbocycles. The van der Waals surface area contributed by atoms with Crippen molar-refractivity contribution in [3.05, 3.63) is 22.3 Å². The van der Waals surface area contributed by atoms with E-state index in [0.717, 1.165) is 28.5 Å². The summed E-state index contributed by atoms with van der Waals surface area (Å²) in [5, 5.41) is 16.0. The van der Waals surface area contributed by atoms with Gasteiger partial charge in [-0.2, -0.15) is 0 Å². The van der Waals surface area contributed by atoms with Crippen molar-refractivity contribution in [3.63, 3.8) is 0 Å². The third-order valence-electron chi connectivity index (χ3n) is 6.45. The fraction of sp³-hybridized carbons (Fsp3) is 0.640. The first kappa shape index (κ1) is 25.7. The van der Waals surface area contributed by atoms with Gasteiger partial charge in [0.25, 0.3) is 5.91 Å². The van der Waals surface area contributed by atoms with Gasteiger partial charge in [0.1, 0.15) is 23.8 Å². The molecule has 3 unspecified atom stereocenters. The summed E-state index contributed by atoms with van der Waals surface area (Å²) in [6.45, 7) is 14.9. The number of aldehydes is 1. The zero-order chi connectivity index (χ0) is 24.4. The summed E-state index contributed by atoms with van der Waals surface area (Å²) in [4.78, 5) is 37.6. The van der Waals surface area contributed by atoms with Crippen molar-refractivity contribution in [2.24, 2.45) is 11.8 Å². The van der Waals surface area contributed by atoms with Gasteiger partial charge >= 0.3 is 0 Å². The Bertz CT molecular complexity index is 893. The minimum absolute atomic E-state index is 0.173. The molecule has 1 aromatic rings. The summed E-state index contributed by atoms with van der Waals surface area (Å²) in [5.41, 5.74) is 2.08. The minimum atomic E-state index is -1.15. The van der Waals surface area contributed by atoms with Gasteiger partial charge < -0.3 is 25.3 Å². The molecule has 1 heterocycles. The number of phenols is 1. The largest absolute Gasteiger partial charge is 0.507 e. The highest BCUT2D eigenvalue weighted by atomic mass is 16.5. The van der Waals surface area contributed by atoms with Gasteiger partial charge in [0.05, 0.1) is 6.04 Å². The predicted molar refractivity (Wildman–Crippen MR) is 124 cm³/mol. The molecule has 3 atom stereocenters. The summed E-state index contributed by atoms with van der Waals surface area (Å²) >= 11 is 0. The summed E-state index contributed by atoms with van der Waals surface area (Å²) in [7, 11) is 0. The van der Waals surface area contributed by atoms with Gasteiger partial charge in [-0.25, -0.2) is 0 Å². The lowest BCUT2D eigenvalue weighted by Gasteiger charge is -2.38. The Morgan fingerprint density at radius 2 is 1.72 bits per heavy atom. The van der Waals surface area contributed by atoms with E-state index < -0.39 is 17.7 Å². The predicted octanol–water partition coefficient (Wildman–Crippen LogP) is 3.27. The molecule has 0 radical (unpaired) electrons. The second-order valence-corrected chi connectivity index (χ2v) is 9.94. The van der Waals surface area contributed by atoms with Crippen LogP contribution in [0.25, 0.3) is 0 Å². The number of fused-ring (bicyclic) bond motifs is 1. The molecular formula is C25H38N2O5. The molecule has 1 aliphatic heterocycles. The van der Waals surface area contributed by atoms with E-state index >= 15 is 0 Å². The van der Waals surface area contributed by atoms with Crippen LogP contribution in [0.2, 0.25) is 0 Å². The lowest BCUT2D eigenvalue weighted by molar-refractivity contribution is -0.141. The summed E-state index contributed by atoms with van der Waals surface area (Å²) in [6.07, 6.45) is 2.28. The molecule has 0 fully saturated rings. The number of benzene rings is 1. The van der Waals surface area contributed by atoms with Crippen molar-refractivity contribution in [1.82, 2.24) is 10.6 Å². The SMILES string of the molecule is Cc1c(C)c2c(c(C)c1O)CCC(C)(C(=O)NC(C(=O)NC(C=O)CC(C)C)C(C)C)O2. The van der Waals surface area contributed by atoms with Crippen molar-refractivity contribution in [2.45, 2.75) is 92.3 Å². The van der Waals surface area contributed by atoms with Crippen LogP contribution in [-0.2, 0) is 20.8 Å². The fourth-order valence-electron chi connectivity index (χ4n) is 4.17. The Balaban J connectivity index is 2.23. The van der Waals surface area contributed by atoms with Gasteiger partial charge in [0.15, 0.2) is 5.60 Å². The maximum absolute atomic E-state index is 13.3. The van der Waals surface area contributed by atoms with Gasteiger partial charge in [0, 0.05) is 12.0 Å². The monoisotopic (exact) mass is 446 g/mol. The number of hydrogen-bond acceptors (Lipinski definition) is 5. The van der Waals surface area contributed by atoms with E-state index in [1.54, 1.807) is 6.92 Å². The lowest BCUT2D eigenvalue weighted by atomic mass is 9.86. The van der Waals surface area contributed by atoms with Gasteiger partial charge in [-0.05, 0) is 69.1 Å². The van der Waals surface area contributed by atoms with E-state index in [9.17, 15) is 19.5 Å². The Hall–Kier alpha value is -2.57. The van der Waals surface area contributed by atoms with Crippen molar-refractivity contribution in [3.8, 4) is 11.5 Å². The molecule has 2 amide bonds. The zero-order valence-electron chi connectivity index (χ0n) is 20.6. The Morgan fingerprint density at radius 3 is 2.25 bits per heavy atom. The first-order valence-electron chi connectivity index (χ1n) is 11.4. The van der Waals surface area contributed by atoms with Crippen molar-refractivity contribution in [2.75, 3.05) is 0 Å². The van der Waals surface area contributed by atoms with Gasteiger partial charge in [-0.15, -0.1) is 0 Å². The highest BCUT2D eigenvalue weighted by Gasteiger charge is 2.42. The van der Waals surface area contributed by atoms with E-state index in [4.69, 9.17) is 4.74 Å². The highest BCUT2D eigenvalue weighted by Crippen LogP contribution is 2.43. The van der Waals surface area contributed by atoms with Crippen LogP contribution < -0.4 is 15.4 Å². The van der Waals surface area contributed by atoms with E-state index in [0.29, 0.717) is 25.0 Å². The maximum Gasteiger partial charge on any atom is 0.264 e. The molecule has 0 aromatic heterocycles. The first-order chi connectivity index (χ1) is 14.8. The smallest absolute Gasteiger partial charge is 0.264 e. The van der Waals surface area contributed by atoms with E-state index in [2.05, 4.69) is 10.6 Å². The molecule has 3 N–H and O–H groups in total. The molecule has 0 bridgehead atoms. The van der Waals surface area contributed by atoms with Gasteiger partial charge in [-0.1, -0.05) is 27.7 Å². The van der Waals surface area contributed by atoms with E-state index in [1.807, 2.05) is 48.5 Å². The van der Waals surface area contributed by atoms with Gasteiger partial charge in [-0.3, -0.25) is 9.59 Å². The molecule has 7 nitrogen and oxygen atoms in total. The van der Waals surface area contributed by atoms with Crippen LogP contribution in [0.4, 0.5) is 0 Å². The number of phenolic OH excluding ortho intramolecular Hbond substituents is 1. The number of rotatable bonds is 8. The third kappa shape index (κ3) is 5.25. The minimum Gasteiger partial charge on any atom is -0.507 e. The second-order valence-electron chi connectivity index (χ2n) is 9.94. The van der Waals surface area contributed by atoms with Crippen molar-refractivity contribution in [1.29, 1.82) is 0 Å². The van der Waals surface area contributed by atoms with E-state index in [1.165, 1.54) is 0 Å². The quantitative estimate of drug-likeness (QED) is 0.532. The third-order valence-corrected chi connectivity index (χ3v) is 6.45. The Kier molecular flexibility index (Phi) is 7.97. The molecule has 1 aromatic carbocycles. The molecule has 178 valence electrons. The van der Waals surface area contributed by atoms with Crippen LogP contribution in [0, 0.1) is 32.6 Å². The second kappa shape index (κ2) is 9.92. The normalized spacial score (nSPS) is 19.7. The van der Waals surface area contributed by atoms with Crippen LogP contribution in [0.3, 0.4) is 0 Å². The highest BCUT2D eigenvalue weighted by molar-refractivity contribution is 5.92. The van der Waals surface area contributed by atoms with Crippen LogP contribution in [0.1, 0.15) is 69.7 Å². The molecule has 7 heteroatoms. The number of ether oxygens (including phenoxy) is 1. The molecule has 0 aliphatic carbocycles. The van der Waals surface area contributed by atoms with Crippen LogP contribution in [0.15, 0.2) is 0 Å². The Labute approximate surface area is 191 Å². The average Bonchev–Trinajstić information content (AvgIpc) is 2.72. The number of hydrogen-bond donors (Lipinski definition) is 3. The number of amides is 2. The Morgan fingerprint density at radius 1 is 1.09 bits per heavy atom. The molecule has 0 spiro atoms. The number of nitrogens with one attached hydrogen (secondary N) is 2. The molecule has 32 heavy (non-hydrogen) atoms. The molecule has 1 aliphatic rings. The van der Waals surface area contributed by atoms with Crippen LogP contribution in [0.5, 0.6) is 11.5 Å². The standard InChI is InChI=1S/C25H38N2O5/c1-13(2)11-18(12-28)26-23(30)20(14(3)4)27-24(31)25(8)10-9-19-17(7)21(29)15(5)16(6)22(19)32-25/h12-14,18,20,29H,9-11H2,1-8H3,(H,26,30)(H,27,31). The van der Waals surface area contributed by atoms with Gasteiger partial charge in [0.2, 0.25) is 5.91 Å². The number of carbonyl (C=O) groups excluding carboxylic acids is 3. The molecule has 2 rings (SSSR count). The van der Waals surface area contributed by atoms with Crippen molar-refractivity contribution < 1.29 is 24.2 Å². The van der Waals surface area contributed by atoms with Crippen molar-refractivity contribution >= 4 is 18.1 Å². The number of carbonyl (C=O) groups is 3. The zero-order valence-corrected chi connectivity index (χ0v) is 20.6. The fourth-order valence-corrected chi connectivity index (χ4v) is 4.17. The summed E-state index contributed by atoms with van der Waals surface area (Å²) in [6, 6.07) is -1.38. The average molecular weight is 447 g/mol. The molecular weight excluding hydrogens is 408 g/mol. The van der Waals surface area contributed by atoms with Crippen LogP contribution in [-0.4, -0.2) is 40.9 Å². The lowest BCUT2D eigenvalue weighted by Crippen LogP contribution is -2.59. The molecule has 0 saturated heterocycles. The maximum atomic E-state index is 13.3. The van der Waals surface area contributed by atoms with Crippen LogP contribution >= 0.6 is 0 Å². The summed E-state index contributed by atoms with van der Waals surface area (Å²) < 4.78 is 6.23.